The molecule has 1 nitrogen and oxygen atoms in total. The van der Waals surface area contributed by atoms with Gasteiger partial charge in [-0.25, -0.2) is 0 Å². The summed E-state index contributed by atoms with van der Waals surface area (Å²) in [4.78, 5) is 1.15. The number of aromatic hydroxyl groups is 1. The minimum Gasteiger partial charge on any atom is -0.508 e. The Bertz CT molecular complexity index is 447. The second-order valence-corrected chi connectivity index (χ2v) is 5.24. The van der Waals surface area contributed by atoms with Crippen LogP contribution in [0.3, 0.4) is 0 Å². The van der Waals surface area contributed by atoms with Crippen LogP contribution in [0.1, 0.15) is 0 Å². The van der Waals surface area contributed by atoms with Crippen LogP contribution in [-0.2, 0) is 0 Å². The molecular weight excluding hydrogens is 220 g/mol. The Balaban J connectivity index is 2.80. The van der Waals surface area contributed by atoms with Crippen LogP contribution in [-0.4, -0.2) is 11.4 Å². The van der Waals surface area contributed by atoms with Gasteiger partial charge in [-0.05, 0) is 24.5 Å². The Kier molecular flexibility index (Phi) is 2.45. The van der Waals surface area contributed by atoms with Crippen LogP contribution in [0.4, 0.5) is 0 Å². The lowest BCUT2D eigenvalue weighted by molar-refractivity contribution is 0.476. The predicted octanol–water partition coefficient (Wildman–Crippen LogP) is 3.62. The molecule has 0 bridgehead atoms. The summed E-state index contributed by atoms with van der Waals surface area (Å²) in [6.45, 7) is 0. The Morgan fingerprint density at radius 2 is 2.23 bits per heavy atom. The zero-order valence-electron chi connectivity index (χ0n) is 6.94. The third kappa shape index (κ3) is 1.54. The monoisotopic (exact) mass is 228 g/mol. The van der Waals surface area contributed by atoms with E-state index in [9.17, 15) is 5.11 Å². The summed E-state index contributed by atoms with van der Waals surface area (Å²) in [5.74, 6) is 0.314. The highest BCUT2D eigenvalue weighted by Crippen LogP contribution is 2.40. The largest absolute Gasteiger partial charge is 0.508 e. The van der Waals surface area contributed by atoms with Crippen LogP contribution >= 0.6 is 35.7 Å². The van der Waals surface area contributed by atoms with Gasteiger partial charge in [-0.3, -0.25) is 0 Å². The normalized spacial score (nSPS) is 10.9. The second kappa shape index (κ2) is 3.44. The molecule has 4 heteroatoms. The van der Waals surface area contributed by atoms with Gasteiger partial charge < -0.3 is 5.11 Å². The molecule has 0 fully saturated rings. The number of thiophene rings is 1. The number of phenolic OH excluding ortho intramolecular Hbond substituents is 1. The number of thiol groups is 1. The number of fused-ring (bicyclic) bond motifs is 1. The molecule has 0 aliphatic carbocycles. The molecule has 0 unspecified atom stereocenters. The van der Waals surface area contributed by atoms with E-state index in [4.69, 9.17) is 0 Å². The number of rotatable bonds is 1. The highest BCUT2D eigenvalue weighted by atomic mass is 32.2. The smallest absolute Gasteiger partial charge is 0.116 e. The molecule has 2 aromatic rings. The summed E-state index contributed by atoms with van der Waals surface area (Å²) < 4.78 is 2.19. The average molecular weight is 228 g/mol. The van der Waals surface area contributed by atoms with Crippen LogP contribution in [0.2, 0.25) is 0 Å². The van der Waals surface area contributed by atoms with Crippen molar-refractivity contribution in [3.05, 3.63) is 18.2 Å². The zero-order chi connectivity index (χ0) is 9.42. The summed E-state index contributed by atoms with van der Waals surface area (Å²) in [6.07, 6.45) is 2.02. The highest BCUT2D eigenvalue weighted by Gasteiger charge is 2.08. The standard InChI is InChI=1S/C9H8OS3/c1-12-8-6-4-5(10)2-3-7(6)13-9(8)11/h2-4,10-11H,1H3. The van der Waals surface area contributed by atoms with E-state index >= 15 is 0 Å². The van der Waals surface area contributed by atoms with Gasteiger partial charge in [0.25, 0.3) is 0 Å². The molecule has 0 aliphatic rings. The van der Waals surface area contributed by atoms with Crippen molar-refractivity contribution in [3.63, 3.8) is 0 Å². The molecule has 0 amide bonds. The van der Waals surface area contributed by atoms with Crippen molar-refractivity contribution in [2.45, 2.75) is 9.10 Å². The fourth-order valence-corrected chi connectivity index (χ4v) is 3.76. The van der Waals surface area contributed by atoms with Crippen molar-refractivity contribution in [2.24, 2.45) is 0 Å². The topological polar surface area (TPSA) is 20.2 Å². The summed E-state index contributed by atoms with van der Waals surface area (Å²) in [5.41, 5.74) is 0. The maximum absolute atomic E-state index is 9.33. The van der Waals surface area contributed by atoms with Gasteiger partial charge in [0.2, 0.25) is 0 Å². The van der Waals surface area contributed by atoms with Gasteiger partial charge in [-0.15, -0.1) is 35.7 Å². The second-order valence-electron chi connectivity index (χ2n) is 2.62. The van der Waals surface area contributed by atoms with Crippen LogP contribution in [0.15, 0.2) is 27.3 Å². The van der Waals surface area contributed by atoms with Gasteiger partial charge in [0.1, 0.15) is 5.75 Å². The molecule has 1 N–H and O–H groups in total. The lowest BCUT2D eigenvalue weighted by Crippen LogP contribution is -1.68. The Morgan fingerprint density at radius 1 is 1.46 bits per heavy atom. The van der Waals surface area contributed by atoms with Crippen molar-refractivity contribution in [1.29, 1.82) is 0 Å². The first-order valence-electron chi connectivity index (χ1n) is 3.71. The van der Waals surface area contributed by atoms with Crippen LogP contribution in [0.25, 0.3) is 10.1 Å². The van der Waals surface area contributed by atoms with E-state index in [0.29, 0.717) is 5.75 Å². The quantitative estimate of drug-likeness (QED) is 0.574. The molecule has 0 aliphatic heterocycles. The molecule has 0 spiro atoms. The number of hydrogen-bond donors (Lipinski definition) is 2. The predicted molar refractivity (Wildman–Crippen MR) is 62.5 cm³/mol. The van der Waals surface area contributed by atoms with Crippen molar-refractivity contribution >= 4 is 45.8 Å². The zero-order valence-corrected chi connectivity index (χ0v) is 9.47. The van der Waals surface area contributed by atoms with Gasteiger partial charge in [0.05, 0.1) is 4.21 Å². The molecule has 0 saturated carbocycles. The van der Waals surface area contributed by atoms with Crippen LogP contribution < -0.4 is 0 Å². The molecule has 13 heavy (non-hydrogen) atoms. The van der Waals surface area contributed by atoms with Gasteiger partial charge in [-0.1, -0.05) is 0 Å². The summed E-state index contributed by atoms with van der Waals surface area (Å²) in [7, 11) is 0. The van der Waals surface area contributed by atoms with E-state index in [1.165, 1.54) is 4.70 Å². The van der Waals surface area contributed by atoms with E-state index in [2.05, 4.69) is 12.6 Å². The van der Waals surface area contributed by atoms with E-state index in [1.54, 1.807) is 35.2 Å². The van der Waals surface area contributed by atoms with E-state index in [0.717, 1.165) is 14.5 Å². The van der Waals surface area contributed by atoms with Crippen LogP contribution in [0.5, 0.6) is 5.75 Å². The van der Waals surface area contributed by atoms with Crippen molar-refractivity contribution in [3.8, 4) is 5.75 Å². The first-order chi connectivity index (χ1) is 6.22. The maximum atomic E-state index is 9.33. The maximum Gasteiger partial charge on any atom is 0.116 e. The Hall–Kier alpha value is -0.320. The fourth-order valence-electron chi connectivity index (χ4n) is 1.25. The number of benzene rings is 1. The third-order valence-corrected chi connectivity index (χ3v) is 4.40. The molecule has 1 heterocycles. The number of hydrogen-bond acceptors (Lipinski definition) is 4. The third-order valence-electron chi connectivity index (χ3n) is 1.81. The van der Waals surface area contributed by atoms with E-state index < -0.39 is 0 Å². The van der Waals surface area contributed by atoms with E-state index in [1.807, 2.05) is 12.3 Å². The summed E-state index contributed by atoms with van der Waals surface area (Å²) >= 11 is 7.69. The lowest BCUT2D eigenvalue weighted by atomic mass is 10.2. The number of phenols is 1. The van der Waals surface area contributed by atoms with Crippen molar-refractivity contribution in [1.82, 2.24) is 0 Å². The molecule has 1 aromatic carbocycles. The summed E-state index contributed by atoms with van der Waals surface area (Å²) in [6, 6.07) is 5.42. The molecular formula is C9H8OS3. The lowest BCUT2D eigenvalue weighted by Gasteiger charge is -1.95. The molecule has 0 atom stereocenters. The molecule has 1 aromatic heterocycles. The van der Waals surface area contributed by atoms with Gasteiger partial charge in [0.15, 0.2) is 0 Å². The van der Waals surface area contributed by atoms with E-state index in [-0.39, 0.29) is 0 Å². The fraction of sp³-hybridized carbons (Fsp3) is 0.111. The minimum atomic E-state index is 0.314. The minimum absolute atomic E-state index is 0.314. The molecule has 0 saturated heterocycles. The van der Waals surface area contributed by atoms with Gasteiger partial charge in [-0.2, -0.15) is 0 Å². The Labute approximate surface area is 90.2 Å². The van der Waals surface area contributed by atoms with Gasteiger partial charge in [0, 0.05) is 15.0 Å². The van der Waals surface area contributed by atoms with Gasteiger partial charge >= 0.3 is 0 Å². The average Bonchev–Trinajstić information content (AvgIpc) is 2.40. The van der Waals surface area contributed by atoms with Crippen LogP contribution in [0, 0.1) is 0 Å². The van der Waals surface area contributed by atoms with Crippen molar-refractivity contribution < 1.29 is 5.11 Å². The summed E-state index contributed by atoms with van der Waals surface area (Å²) in [5, 5.41) is 10.4. The SMILES string of the molecule is CSc1c(S)sc2ccc(O)cc12. The van der Waals surface area contributed by atoms with Crippen molar-refractivity contribution in [2.75, 3.05) is 6.26 Å². The number of thioether (sulfide) groups is 1. The Morgan fingerprint density at radius 3 is 2.92 bits per heavy atom. The molecule has 2 rings (SSSR count). The molecule has 0 radical (unpaired) electrons. The molecule has 68 valence electrons. The first-order valence-corrected chi connectivity index (χ1v) is 6.19. The highest BCUT2D eigenvalue weighted by molar-refractivity contribution is 7.99. The first kappa shape index (κ1) is 9.24.